The number of carboxylic acids is 1. The van der Waals surface area contributed by atoms with Gasteiger partial charge in [-0.3, -0.25) is 0 Å². The van der Waals surface area contributed by atoms with Gasteiger partial charge in [0.1, 0.15) is 11.5 Å². The minimum absolute atomic E-state index is 0.0258. The summed E-state index contributed by atoms with van der Waals surface area (Å²) >= 11 is 7.01. The number of aliphatic carboxylic acids is 1. The standard InChI is InChI=1S/C16H13ClN2O5S/c1-4-5-23-14-11(17)6-10(7-12(14)22-3)8-13(15(20)21)25-16-19-18-9(2)24-16/h1,6-8H,5H2,2-3H3,(H,20,21)/b13-8-. The van der Waals surface area contributed by atoms with E-state index in [9.17, 15) is 9.90 Å². The highest BCUT2D eigenvalue weighted by Crippen LogP contribution is 2.38. The van der Waals surface area contributed by atoms with Crippen molar-refractivity contribution >= 4 is 35.4 Å². The second-order valence-corrected chi connectivity index (χ2v) is 5.93. The van der Waals surface area contributed by atoms with E-state index in [0.29, 0.717) is 17.2 Å². The molecule has 0 amide bonds. The number of thioether (sulfide) groups is 1. The zero-order chi connectivity index (χ0) is 18.4. The molecule has 1 N–H and O–H groups in total. The number of aromatic nitrogens is 2. The summed E-state index contributed by atoms with van der Waals surface area (Å²) in [5, 5.41) is 17.2. The molecule has 1 aromatic carbocycles. The predicted molar refractivity (Wildman–Crippen MR) is 92.8 cm³/mol. The third-order valence-corrected chi connectivity index (χ3v) is 3.90. The third-order valence-electron chi connectivity index (χ3n) is 2.76. The molecule has 0 bridgehead atoms. The number of rotatable bonds is 7. The molecule has 9 heteroatoms. The van der Waals surface area contributed by atoms with E-state index >= 15 is 0 Å². The average molecular weight is 381 g/mol. The van der Waals surface area contributed by atoms with Gasteiger partial charge in [0.05, 0.1) is 12.1 Å². The van der Waals surface area contributed by atoms with Gasteiger partial charge in [-0.05, 0) is 35.5 Å². The van der Waals surface area contributed by atoms with Gasteiger partial charge in [-0.1, -0.05) is 17.5 Å². The second-order valence-electron chi connectivity index (χ2n) is 4.53. The molecule has 2 rings (SSSR count). The Kier molecular flexibility index (Phi) is 6.33. The summed E-state index contributed by atoms with van der Waals surface area (Å²) in [7, 11) is 1.44. The van der Waals surface area contributed by atoms with Crippen LogP contribution in [0.15, 0.2) is 26.7 Å². The molecule has 0 spiro atoms. The molecule has 130 valence electrons. The number of carboxylic acid groups (broad SMARTS) is 1. The van der Waals surface area contributed by atoms with Crippen LogP contribution in [-0.4, -0.2) is 35.0 Å². The number of hydrogen-bond acceptors (Lipinski definition) is 7. The highest BCUT2D eigenvalue weighted by molar-refractivity contribution is 8.03. The van der Waals surface area contributed by atoms with Gasteiger partial charge in [-0.25, -0.2) is 4.79 Å². The van der Waals surface area contributed by atoms with Crippen molar-refractivity contribution in [1.29, 1.82) is 0 Å². The Labute approximate surface area is 153 Å². The fourth-order valence-corrected chi connectivity index (χ4v) is 2.77. The van der Waals surface area contributed by atoms with Gasteiger partial charge in [0.15, 0.2) is 11.5 Å². The van der Waals surface area contributed by atoms with Crippen LogP contribution in [0.5, 0.6) is 11.5 Å². The number of terminal acetylenes is 1. The monoisotopic (exact) mass is 380 g/mol. The molecule has 2 aromatic rings. The van der Waals surface area contributed by atoms with Gasteiger partial charge < -0.3 is 19.0 Å². The maximum atomic E-state index is 11.5. The van der Waals surface area contributed by atoms with Crippen molar-refractivity contribution in [3.05, 3.63) is 33.5 Å². The molecule has 7 nitrogen and oxygen atoms in total. The van der Waals surface area contributed by atoms with E-state index in [0.717, 1.165) is 11.8 Å². The van der Waals surface area contributed by atoms with Crippen LogP contribution in [0.2, 0.25) is 5.02 Å². The topological polar surface area (TPSA) is 94.7 Å². The first-order valence-corrected chi connectivity index (χ1v) is 8.00. The Morgan fingerprint density at radius 1 is 1.52 bits per heavy atom. The molecule has 1 heterocycles. The average Bonchev–Trinajstić information content (AvgIpc) is 2.97. The number of benzene rings is 1. The minimum atomic E-state index is -1.15. The number of nitrogens with zero attached hydrogens (tertiary/aromatic N) is 2. The first-order chi connectivity index (χ1) is 11.9. The molecule has 0 saturated carbocycles. The van der Waals surface area contributed by atoms with Crippen molar-refractivity contribution in [2.24, 2.45) is 0 Å². The Balaban J connectivity index is 2.37. The minimum Gasteiger partial charge on any atom is -0.493 e. The van der Waals surface area contributed by atoms with Gasteiger partial charge in [-0.15, -0.1) is 16.6 Å². The van der Waals surface area contributed by atoms with Gasteiger partial charge in [0.2, 0.25) is 5.89 Å². The molecule has 0 saturated heterocycles. The molecule has 0 aliphatic carbocycles. The number of methoxy groups -OCH3 is 1. The molecular formula is C16H13ClN2O5S. The summed E-state index contributed by atoms with van der Waals surface area (Å²) in [6.07, 6.45) is 6.57. The molecule has 0 fully saturated rings. The molecule has 0 unspecified atom stereocenters. The summed E-state index contributed by atoms with van der Waals surface area (Å²) in [6.45, 7) is 1.64. The summed E-state index contributed by atoms with van der Waals surface area (Å²) in [6, 6.07) is 3.12. The number of halogens is 1. The lowest BCUT2D eigenvalue weighted by Crippen LogP contribution is -1.99. The second kappa shape index (κ2) is 8.46. The summed E-state index contributed by atoms with van der Waals surface area (Å²) in [5.74, 6) is 2.14. The van der Waals surface area contributed by atoms with Gasteiger partial charge in [0, 0.05) is 6.92 Å². The Hall–Kier alpha value is -2.63. The maximum absolute atomic E-state index is 11.5. The van der Waals surface area contributed by atoms with Crippen molar-refractivity contribution in [3.63, 3.8) is 0 Å². The van der Waals surface area contributed by atoms with E-state index in [4.69, 9.17) is 31.9 Å². The zero-order valence-electron chi connectivity index (χ0n) is 13.3. The normalized spacial score (nSPS) is 11.0. The Morgan fingerprint density at radius 2 is 2.28 bits per heavy atom. The van der Waals surface area contributed by atoms with Crippen LogP contribution in [0.4, 0.5) is 0 Å². The van der Waals surface area contributed by atoms with Crippen LogP contribution in [0.1, 0.15) is 11.5 Å². The van der Waals surface area contributed by atoms with Gasteiger partial charge in [-0.2, -0.15) is 0 Å². The van der Waals surface area contributed by atoms with Crippen molar-refractivity contribution in [2.75, 3.05) is 13.7 Å². The molecule has 0 aliphatic heterocycles. The van der Waals surface area contributed by atoms with E-state index in [-0.39, 0.29) is 27.5 Å². The summed E-state index contributed by atoms with van der Waals surface area (Å²) in [4.78, 5) is 11.4. The van der Waals surface area contributed by atoms with Crippen molar-refractivity contribution in [3.8, 4) is 23.8 Å². The van der Waals surface area contributed by atoms with Gasteiger partial charge in [0.25, 0.3) is 5.22 Å². The molecule has 25 heavy (non-hydrogen) atoms. The highest BCUT2D eigenvalue weighted by atomic mass is 35.5. The molecular weight excluding hydrogens is 368 g/mol. The highest BCUT2D eigenvalue weighted by Gasteiger charge is 2.16. The smallest absolute Gasteiger partial charge is 0.342 e. The van der Waals surface area contributed by atoms with Crippen LogP contribution in [-0.2, 0) is 4.79 Å². The molecule has 0 atom stereocenters. The van der Waals surface area contributed by atoms with Crippen molar-refractivity contribution < 1.29 is 23.8 Å². The van der Waals surface area contributed by atoms with Crippen LogP contribution >= 0.6 is 23.4 Å². The van der Waals surface area contributed by atoms with Gasteiger partial charge >= 0.3 is 5.97 Å². The lowest BCUT2D eigenvalue weighted by molar-refractivity contribution is -0.131. The van der Waals surface area contributed by atoms with E-state index in [1.54, 1.807) is 19.1 Å². The lowest BCUT2D eigenvalue weighted by Gasteiger charge is -2.12. The Morgan fingerprint density at radius 3 is 2.84 bits per heavy atom. The van der Waals surface area contributed by atoms with Crippen molar-refractivity contribution in [1.82, 2.24) is 10.2 Å². The first-order valence-electron chi connectivity index (χ1n) is 6.81. The van der Waals surface area contributed by atoms with Crippen LogP contribution in [0.3, 0.4) is 0 Å². The largest absolute Gasteiger partial charge is 0.493 e. The molecule has 1 aromatic heterocycles. The van der Waals surface area contributed by atoms with E-state index in [2.05, 4.69) is 16.1 Å². The number of ether oxygens (including phenoxy) is 2. The SMILES string of the molecule is C#CCOc1c(Cl)cc(/C=C(\Sc2nnc(C)o2)C(=O)O)cc1OC. The quantitative estimate of drug-likeness (QED) is 0.444. The first kappa shape index (κ1) is 18.7. The fraction of sp³-hybridized carbons (Fsp3) is 0.188. The van der Waals surface area contributed by atoms with Crippen molar-refractivity contribution in [2.45, 2.75) is 12.1 Å². The number of carbonyl (C=O) groups is 1. The Bertz CT molecular complexity index is 857. The third kappa shape index (κ3) is 4.92. The van der Waals surface area contributed by atoms with Crippen LogP contribution in [0.25, 0.3) is 6.08 Å². The number of hydrogen-bond donors (Lipinski definition) is 1. The fourth-order valence-electron chi connectivity index (χ4n) is 1.78. The van der Waals surface area contributed by atoms with E-state index in [1.807, 2.05) is 0 Å². The maximum Gasteiger partial charge on any atom is 0.342 e. The zero-order valence-corrected chi connectivity index (χ0v) is 14.8. The van der Waals surface area contributed by atoms with E-state index < -0.39 is 5.97 Å². The lowest BCUT2D eigenvalue weighted by atomic mass is 10.2. The predicted octanol–water partition coefficient (Wildman–Crippen LogP) is 3.27. The van der Waals surface area contributed by atoms with Crippen LogP contribution < -0.4 is 9.47 Å². The van der Waals surface area contributed by atoms with Crippen LogP contribution in [0, 0.1) is 19.3 Å². The summed E-state index contributed by atoms with van der Waals surface area (Å²) < 4.78 is 15.8. The molecule has 0 aliphatic rings. The van der Waals surface area contributed by atoms with E-state index in [1.165, 1.54) is 13.2 Å². The summed E-state index contributed by atoms with van der Waals surface area (Å²) in [5.41, 5.74) is 0.496. The molecule has 0 radical (unpaired) electrons. The number of aryl methyl sites for hydroxylation is 1.